The van der Waals surface area contributed by atoms with Crippen LogP contribution in [0.4, 0.5) is 5.69 Å². The van der Waals surface area contributed by atoms with E-state index >= 15 is 0 Å². The van der Waals surface area contributed by atoms with Crippen LogP contribution in [-0.2, 0) is 14.8 Å². The van der Waals surface area contributed by atoms with Crippen molar-refractivity contribution in [3.05, 3.63) is 88.9 Å². The number of rotatable bonds is 5. The number of sulfonamides is 1. The van der Waals surface area contributed by atoms with Gasteiger partial charge in [0, 0.05) is 5.02 Å². The second-order valence-electron chi connectivity index (χ2n) is 7.71. The molecule has 0 saturated carbocycles. The van der Waals surface area contributed by atoms with Crippen molar-refractivity contribution in [2.75, 3.05) is 10.8 Å². The zero-order chi connectivity index (χ0) is 22.9. The van der Waals surface area contributed by atoms with Gasteiger partial charge in [0.2, 0.25) is 0 Å². The molecular weight excluding hydrogens is 448 g/mol. The summed E-state index contributed by atoms with van der Waals surface area (Å²) in [6, 6.07) is 20.3. The molecule has 1 amide bonds. The van der Waals surface area contributed by atoms with E-state index in [1.807, 2.05) is 38.1 Å². The lowest BCUT2D eigenvalue weighted by Crippen LogP contribution is -2.51. The fraction of sp³-hybridized carbons (Fsp3) is 0.208. The lowest BCUT2D eigenvalue weighted by molar-refractivity contribution is -0.128. The smallest absolute Gasteiger partial charge is 0.264 e. The Kier molecular flexibility index (Phi) is 6.13. The Bertz CT molecular complexity index is 1230. The van der Waals surface area contributed by atoms with E-state index in [9.17, 15) is 13.2 Å². The summed E-state index contributed by atoms with van der Waals surface area (Å²) in [5.41, 5.74) is 2.46. The lowest BCUT2D eigenvalue weighted by atomic mass is 10.1. The van der Waals surface area contributed by atoms with Crippen molar-refractivity contribution in [3.8, 4) is 5.75 Å². The highest BCUT2D eigenvalue weighted by molar-refractivity contribution is 7.92. The van der Waals surface area contributed by atoms with Crippen LogP contribution in [0, 0.1) is 6.92 Å². The number of hydrogen-bond acceptors (Lipinski definition) is 4. The van der Waals surface area contributed by atoms with Crippen LogP contribution in [0.25, 0.3) is 0 Å². The summed E-state index contributed by atoms with van der Waals surface area (Å²) in [5.74, 6) is -0.0525. The molecule has 0 aliphatic carbocycles. The van der Waals surface area contributed by atoms with Crippen LogP contribution in [0.5, 0.6) is 5.75 Å². The number of benzene rings is 3. The topological polar surface area (TPSA) is 75.7 Å². The molecule has 6 nitrogen and oxygen atoms in total. The number of halogens is 1. The summed E-state index contributed by atoms with van der Waals surface area (Å²) in [6.45, 7) is 3.73. The van der Waals surface area contributed by atoms with E-state index in [0.717, 1.165) is 11.1 Å². The maximum atomic E-state index is 13.4. The number of carbonyl (C=O) groups is 1. The normalized spacial score (nSPS) is 16.6. The van der Waals surface area contributed by atoms with Gasteiger partial charge in [-0.3, -0.25) is 9.10 Å². The molecule has 0 aromatic heterocycles. The monoisotopic (exact) mass is 470 g/mol. The van der Waals surface area contributed by atoms with Crippen molar-refractivity contribution in [2.45, 2.75) is 30.9 Å². The van der Waals surface area contributed by atoms with Gasteiger partial charge in [-0.2, -0.15) is 0 Å². The second-order valence-corrected chi connectivity index (χ2v) is 10.0. The summed E-state index contributed by atoms with van der Waals surface area (Å²) in [5, 5.41) is 3.37. The number of para-hydroxylation sites is 2. The first-order chi connectivity index (χ1) is 15.3. The molecule has 0 unspecified atom stereocenters. The number of fused-ring (bicyclic) bond motifs is 1. The van der Waals surface area contributed by atoms with E-state index in [1.54, 1.807) is 24.3 Å². The molecule has 3 aromatic rings. The van der Waals surface area contributed by atoms with Crippen molar-refractivity contribution in [1.29, 1.82) is 0 Å². The molecule has 2 atom stereocenters. The van der Waals surface area contributed by atoms with E-state index in [-0.39, 0.29) is 23.4 Å². The van der Waals surface area contributed by atoms with Crippen LogP contribution in [-0.4, -0.2) is 27.0 Å². The zero-order valence-corrected chi connectivity index (χ0v) is 19.2. The van der Waals surface area contributed by atoms with Crippen molar-refractivity contribution in [1.82, 2.24) is 5.32 Å². The Balaban J connectivity index is 1.61. The fourth-order valence-electron chi connectivity index (χ4n) is 3.54. The first-order valence-electron chi connectivity index (χ1n) is 10.2. The predicted molar refractivity (Wildman–Crippen MR) is 125 cm³/mol. The Morgan fingerprint density at radius 1 is 1.06 bits per heavy atom. The molecule has 8 heteroatoms. The number of carbonyl (C=O) groups excluding carboxylic acids is 1. The van der Waals surface area contributed by atoms with Crippen molar-refractivity contribution < 1.29 is 17.9 Å². The van der Waals surface area contributed by atoms with Crippen LogP contribution in [0.15, 0.2) is 77.7 Å². The van der Waals surface area contributed by atoms with E-state index in [2.05, 4.69) is 5.32 Å². The van der Waals surface area contributed by atoms with Crippen LogP contribution < -0.4 is 14.4 Å². The maximum absolute atomic E-state index is 13.4. The molecule has 0 saturated heterocycles. The summed E-state index contributed by atoms with van der Waals surface area (Å²) >= 11 is 5.92. The molecule has 1 heterocycles. The summed E-state index contributed by atoms with van der Waals surface area (Å²) in [7, 11) is -3.93. The quantitative estimate of drug-likeness (QED) is 0.596. The molecule has 4 rings (SSSR count). The molecule has 1 N–H and O–H groups in total. The molecule has 3 aromatic carbocycles. The first kappa shape index (κ1) is 22.2. The minimum Gasteiger partial charge on any atom is -0.476 e. The van der Waals surface area contributed by atoms with E-state index in [1.165, 1.54) is 28.6 Å². The van der Waals surface area contributed by atoms with Gasteiger partial charge in [-0.25, -0.2) is 8.42 Å². The van der Waals surface area contributed by atoms with Crippen molar-refractivity contribution in [3.63, 3.8) is 0 Å². The van der Waals surface area contributed by atoms with Gasteiger partial charge in [0.1, 0.15) is 5.75 Å². The van der Waals surface area contributed by atoms with Crippen LogP contribution in [0.1, 0.15) is 24.1 Å². The molecule has 1 aliphatic heterocycles. The number of amides is 1. The minimum atomic E-state index is -3.93. The van der Waals surface area contributed by atoms with Gasteiger partial charge < -0.3 is 10.1 Å². The summed E-state index contributed by atoms with van der Waals surface area (Å²) < 4.78 is 33.9. The van der Waals surface area contributed by atoms with Gasteiger partial charge >= 0.3 is 0 Å². The maximum Gasteiger partial charge on any atom is 0.264 e. The molecule has 0 fully saturated rings. The Hall–Kier alpha value is -3.03. The first-order valence-corrected chi connectivity index (χ1v) is 12.0. The number of aryl methyl sites for hydroxylation is 1. The van der Waals surface area contributed by atoms with Gasteiger partial charge in [0.05, 0.1) is 23.2 Å². The average Bonchev–Trinajstić information content (AvgIpc) is 2.79. The largest absolute Gasteiger partial charge is 0.476 e. The van der Waals surface area contributed by atoms with Crippen molar-refractivity contribution in [2.24, 2.45) is 0 Å². The highest BCUT2D eigenvalue weighted by Gasteiger charge is 2.37. The van der Waals surface area contributed by atoms with Crippen LogP contribution in [0.2, 0.25) is 5.02 Å². The number of nitrogens with zero attached hydrogens (tertiary/aromatic N) is 1. The average molecular weight is 471 g/mol. The highest BCUT2D eigenvalue weighted by atomic mass is 35.5. The fourth-order valence-corrected chi connectivity index (χ4v) is 5.15. The molecule has 32 heavy (non-hydrogen) atoms. The van der Waals surface area contributed by atoms with E-state index < -0.39 is 16.1 Å². The second kappa shape index (κ2) is 8.84. The third-order valence-electron chi connectivity index (χ3n) is 5.37. The van der Waals surface area contributed by atoms with Gasteiger partial charge in [-0.15, -0.1) is 0 Å². The summed E-state index contributed by atoms with van der Waals surface area (Å²) in [4.78, 5) is 13.1. The zero-order valence-electron chi connectivity index (χ0n) is 17.7. The molecule has 0 radical (unpaired) electrons. The van der Waals surface area contributed by atoms with Crippen LogP contribution in [0.3, 0.4) is 0 Å². The van der Waals surface area contributed by atoms with Gasteiger partial charge in [-0.1, -0.05) is 53.6 Å². The Morgan fingerprint density at radius 3 is 2.41 bits per heavy atom. The number of nitrogens with one attached hydrogen (secondary N) is 1. The standard InChI is InChI=1S/C24H23ClN2O4S/c1-16-7-9-18(10-8-16)17(2)26-24(28)23-15-27(21-5-3-4-6-22(21)31-23)32(29,30)20-13-11-19(25)12-14-20/h3-14,17,23H,15H2,1-2H3,(H,26,28)/t17-,23+/m1/s1. The molecular formula is C24H23ClN2O4S. The minimum absolute atomic E-state index is 0.0887. The van der Waals surface area contributed by atoms with E-state index in [0.29, 0.717) is 16.5 Å². The number of hydrogen-bond donors (Lipinski definition) is 1. The SMILES string of the molecule is Cc1ccc([C@@H](C)NC(=O)[C@@H]2CN(S(=O)(=O)c3ccc(Cl)cc3)c3ccccc3O2)cc1. The third kappa shape index (κ3) is 4.45. The third-order valence-corrected chi connectivity index (χ3v) is 7.41. The van der Waals surface area contributed by atoms with Gasteiger partial charge in [-0.05, 0) is 55.8 Å². The number of ether oxygens (including phenoxy) is 1. The highest BCUT2D eigenvalue weighted by Crippen LogP contribution is 2.37. The lowest BCUT2D eigenvalue weighted by Gasteiger charge is -2.35. The van der Waals surface area contributed by atoms with Gasteiger partial charge in [0.25, 0.3) is 15.9 Å². The Labute approximate surface area is 192 Å². The number of anilines is 1. The van der Waals surface area contributed by atoms with Gasteiger partial charge in [0.15, 0.2) is 6.10 Å². The predicted octanol–water partition coefficient (Wildman–Crippen LogP) is 4.48. The molecule has 1 aliphatic rings. The summed E-state index contributed by atoms with van der Waals surface area (Å²) in [6.07, 6.45) is -1.00. The van der Waals surface area contributed by atoms with Crippen molar-refractivity contribution >= 4 is 33.2 Å². The van der Waals surface area contributed by atoms with Crippen LogP contribution >= 0.6 is 11.6 Å². The van der Waals surface area contributed by atoms with E-state index in [4.69, 9.17) is 16.3 Å². The molecule has 0 spiro atoms. The molecule has 0 bridgehead atoms. The molecule has 166 valence electrons. The Morgan fingerprint density at radius 2 is 1.72 bits per heavy atom.